The molecule has 1 aliphatic carbocycles. The smallest absolute Gasteiger partial charge is 0.233 e. The SMILES string of the molecule is COC1CN(C(=O)C2(c3ccc(N)cc3)CC2)CCC1C. The van der Waals surface area contributed by atoms with Gasteiger partial charge in [0.1, 0.15) is 0 Å². The van der Waals surface area contributed by atoms with Gasteiger partial charge in [0.05, 0.1) is 11.5 Å². The molecule has 1 saturated carbocycles. The summed E-state index contributed by atoms with van der Waals surface area (Å²) in [5, 5.41) is 0. The average Bonchev–Trinajstić information content (AvgIpc) is 3.29. The van der Waals surface area contributed by atoms with Crippen molar-refractivity contribution in [2.45, 2.75) is 37.7 Å². The molecular weight excluding hydrogens is 264 g/mol. The number of nitrogens with zero attached hydrogens (tertiary/aromatic N) is 1. The van der Waals surface area contributed by atoms with E-state index < -0.39 is 0 Å². The first-order valence-corrected chi connectivity index (χ1v) is 7.75. The highest BCUT2D eigenvalue weighted by Crippen LogP contribution is 2.50. The van der Waals surface area contributed by atoms with Crippen molar-refractivity contribution >= 4 is 11.6 Å². The van der Waals surface area contributed by atoms with Crippen molar-refractivity contribution in [2.24, 2.45) is 5.92 Å². The van der Waals surface area contributed by atoms with Crippen LogP contribution in [0.5, 0.6) is 0 Å². The summed E-state index contributed by atoms with van der Waals surface area (Å²) in [6, 6.07) is 7.78. The Hall–Kier alpha value is -1.55. The predicted molar refractivity (Wildman–Crippen MR) is 82.9 cm³/mol. The summed E-state index contributed by atoms with van der Waals surface area (Å²) in [6.45, 7) is 3.76. The zero-order valence-electron chi connectivity index (χ0n) is 12.8. The number of nitrogen functional groups attached to an aromatic ring is 1. The van der Waals surface area contributed by atoms with Gasteiger partial charge in [-0.3, -0.25) is 4.79 Å². The van der Waals surface area contributed by atoms with Crippen LogP contribution in [0.4, 0.5) is 5.69 Å². The minimum Gasteiger partial charge on any atom is -0.399 e. The normalized spacial score (nSPS) is 27.4. The third kappa shape index (κ3) is 2.53. The molecule has 4 nitrogen and oxygen atoms in total. The molecule has 1 aliphatic heterocycles. The fraction of sp³-hybridized carbons (Fsp3) is 0.588. The Morgan fingerprint density at radius 2 is 2.00 bits per heavy atom. The maximum absolute atomic E-state index is 13.0. The van der Waals surface area contributed by atoms with Crippen molar-refractivity contribution in [1.82, 2.24) is 4.90 Å². The lowest BCUT2D eigenvalue weighted by atomic mass is 9.90. The number of amides is 1. The Kier molecular flexibility index (Phi) is 3.66. The van der Waals surface area contributed by atoms with E-state index in [0.29, 0.717) is 12.5 Å². The summed E-state index contributed by atoms with van der Waals surface area (Å²) in [6.07, 6.45) is 3.06. The van der Waals surface area contributed by atoms with E-state index in [0.717, 1.165) is 37.1 Å². The first kappa shape index (κ1) is 14.4. The van der Waals surface area contributed by atoms with Crippen LogP contribution in [0.2, 0.25) is 0 Å². The fourth-order valence-corrected chi connectivity index (χ4v) is 3.38. The number of benzene rings is 1. The molecule has 2 fully saturated rings. The molecule has 114 valence electrons. The second-order valence-corrected chi connectivity index (χ2v) is 6.50. The number of ether oxygens (including phenoxy) is 1. The molecule has 2 N–H and O–H groups in total. The van der Waals surface area contributed by atoms with E-state index >= 15 is 0 Å². The number of anilines is 1. The van der Waals surface area contributed by atoms with Crippen LogP contribution in [-0.4, -0.2) is 37.1 Å². The molecule has 2 atom stereocenters. The van der Waals surface area contributed by atoms with Gasteiger partial charge >= 0.3 is 0 Å². The van der Waals surface area contributed by atoms with Crippen molar-refractivity contribution in [3.8, 4) is 0 Å². The molecule has 1 heterocycles. The molecular formula is C17H24N2O2. The van der Waals surface area contributed by atoms with Crippen LogP contribution in [0.3, 0.4) is 0 Å². The van der Waals surface area contributed by atoms with Crippen LogP contribution in [0.25, 0.3) is 0 Å². The van der Waals surface area contributed by atoms with Crippen LogP contribution in [0, 0.1) is 5.92 Å². The van der Waals surface area contributed by atoms with Crippen LogP contribution in [0.15, 0.2) is 24.3 Å². The Labute approximate surface area is 126 Å². The number of nitrogens with two attached hydrogens (primary N) is 1. The standard InChI is InChI=1S/C17H24N2O2/c1-12-7-10-19(11-15(12)21-2)16(20)17(8-9-17)13-3-5-14(18)6-4-13/h3-6,12,15H,7-11,18H2,1-2H3. The predicted octanol–water partition coefficient (Wildman–Crippen LogP) is 2.18. The van der Waals surface area contributed by atoms with Crippen molar-refractivity contribution in [3.05, 3.63) is 29.8 Å². The largest absolute Gasteiger partial charge is 0.399 e. The maximum Gasteiger partial charge on any atom is 0.233 e. The summed E-state index contributed by atoms with van der Waals surface area (Å²) in [4.78, 5) is 15.0. The van der Waals surface area contributed by atoms with Crippen molar-refractivity contribution in [3.63, 3.8) is 0 Å². The molecule has 0 bridgehead atoms. The number of hydrogen-bond donors (Lipinski definition) is 1. The van der Waals surface area contributed by atoms with Crippen LogP contribution in [0.1, 0.15) is 31.7 Å². The van der Waals surface area contributed by atoms with E-state index in [2.05, 4.69) is 6.92 Å². The maximum atomic E-state index is 13.0. The third-order valence-electron chi connectivity index (χ3n) is 5.10. The van der Waals surface area contributed by atoms with Gasteiger partial charge in [-0.1, -0.05) is 19.1 Å². The summed E-state index contributed by atoms with van der Waals surface area (Å²) >= 11 is 0. The summed E-state index contributed by atoms with van der Waals surface area (Å²) in [5.74, 6) is 0.784. The highest BCUT2D eigenvalue weighted by Gasteiger charge is 2.53. The molecule has 0 aromatic heterocycles. The van der Waals surface area contributed by atoms with Crippen molar-refractivity contribution < 1.29 is 9.53 Å². The molecule has 2 aliphatic rings. The molecule has 3 rings (SSSR count). The Bertz CT molecular complexity index is 522. The van der Waals surface area contributed by atoms with Gasteiger partial charge in [-0.05, 0) is 42.9 Å². The van der Waals surface area contributed by atoms with Crippen molar-refractivity contribution in [2.75, 3.05) is 25.9 Å². The van der Waals surface area contributed by atoms with Crippen LogP contribution < -0.4 is 5.73 Å². The molecule has 2 unspecified atom stereocenters. The number of likely N-dealkylation sites (tertiary alicyclic amines) is 1. The zero-order valence-corrected chi connectivity index (χ0v) is 12.8. The molecule has 1 aromatic rings. The minimum absolute atomic E-state index is 0.157. The van der Waals surface area contributed by atoms with Gasteiger partial charge in [0.2, 0.25) is 5.91 Å². The van der Waals surface area contributed by atoms with E-state index in [1.807, 2.05) is 29.2 Å². The van der Waals surface area contributed by atoms with Crippen LogP contribution in [-0.2, 0) is 14.9 Å². The van der Waals surface area contributed by atoms with E-state index in [9.17, 15) is 4.79 Å². The van der Waals surface area contributed by atoms with Gasteiger partial charge in [0.25, 0.3) is 0 Å². The first-order valence-electron chi connectivity index (χ1n) is 7.75. The number of hydrogen-bond acceptors (Lipinski definition) is 3. The molecule has 1 saturated heterocycles. The second-order valence-electron chi connectivity index (χ2n) is 6.50. The second kappa shape index (κ2) is 5.34. The Morgan fingerprint density at radius 3 is 2.57 bits per heavy atom. The monoisotopic (exact) mass is 288 g/mol. The van der Waals surface area contributed by atoms with Gasteiger partial charge in [-0.25, -0.2) is 0 Å². The Balaban J connectivity index is 1.77. The number of carbonyl (C=O) groups excluding carboxylic acids is 1. The molecule has 4 heteroatoms. The van der Waals surface area contributed by atoms with Gasteiger partial charge in [-0.2, -0.15) is 0 Å². The van der Waals surface area contributed by atoms with Gasteiger partial charge in [-0.15, -0.1) is 0 Å². The highest BCUT2D eigenvalue weighted by molar-refractivity contribution is 5.91. The quantitative estimate of drug-likeness (QED) is 0.867. The number of piperidine rings is 1. The molecule has 0 spiro atoms. The number of rotatable bonds is 3. The highest BCUT2D eigenvalue weighted by atomic mass is 16.5. The topological polar surface area (TPSA) is 55.6 Å². The van der Waals surface area contributed by atoms with E-state index in [-0.39, 0.29) is 17.4 Å². The lowest BCUT2D eigenvalue weighted by Crippen LogP contribution is -2.50. The van der Waals surface area contributed by atoms with Crippen LogP contribution >= 0.6 is 0 Å². The van der Waals surface area contributed by atoms with Gasteiger partial charge in [0.15, 0.2) is 0 Å². The van der Waals surface area contributed by atoms with E-state index in [1.54, 1.807) is 7.11 Å². The first-order chi connectivity index (χ1) is 10.1. The number of methoxy groups -OCH3 is 1. The van der Waals surface area contributed by atoms with Crippen molar-refractivity contribution in [1.29, 1.82) is 0 Å². The fourth-order valence-electron chi connectivity index (χ4n) is 3.38. The molecule has 1 amide bonds. The summed E-state index contributed by atoms with van der Waals surface area (Å²) in [7, 11) is 1.74. The van der Waals surface area contributed by atoms with Gasteiger partial charge < -0.3 is 15.4 Å². The lowest BCUT2D eigenvalue weighted by Gasteiger charge is -2.38. The molecule has 1 aromatic carbocycles. The zero-order chi connectivity index (χ0) is 15.0. The summed E-state index contributed by atoms with van der Waals surface area (Å²) < 4.78 is 5.53. The average molecular weight is 288 g/mol. The minimum atomic E-state index is -0.299. The van der Waals surface area contributed by atoms with E-state index in [1.165, 1.54) is 0 Å². The number of carbonyl (C=O) groups is 1. The lowest BCUT2D eigenvalue weighted by molar-refractivity contribution is -0.139. The van der Waals surface area contributed by atoms with E-state index in [4.69, 9.17) is 10.5 Å². The summed E-state index contributed by atoms with van der Waals surface area (Å²) in [5.41, 5.74) is 7.30. The molecule has 21 heavy (non-hydrogen) atoms. The van der Waals surface area contributed by atoms with Gasteiger partial charge in [0, 0.05) is 25.9 Å². The molecule has 0 radical (unpaired) electrons. The third-order valence-corrected chi connectivity index (χ3v) is 5.10. The Morgan fingerprint density at radius 1 is 1.33 bits per heavy atom.